The van der Waals surface area contributed by atoms with Gasteiger partial charge in [-0.25, -0.2) is 8.78 Å². The van der Waals surface area contributed by atoms with Crippen molar-refractivity contribution in [3.63, 3.8) is 0 Å². The zero-order valence-corrected chi connectivity index (χ0v) is 6.36. The molecule has 0 aliphatic heterocycles. The maximum Gasteiger partial charge on any atom is 0.168 e. The first-order valence-electron chi connectivity index (χ1n) is 3.26. The molecule has 0 amide bonds. The zero-order chi connectivity index (χ0) is 9.30. The molecule has 0 heterocycles. The normalized spacial score (nSPS) is 9.92. The fourth-order valence-corrected chi connectivity index (χ4v) is 0.852. The highest BCUT2D eigenvalue weighted by atomic mass is 19.1. The number of hydrogen-bond donors (Lipinski definition) is 2. The third kappa shape index (κ3) is 1.42. The Labute approximate surface area is 68.0 Å². The van der Waals surface area contributed by atoms with Crippen LogP contribution in [-0.4, -0.2) is 10.8 Å². The maximum absolute atomic E-state index is 12.6. The molecular weight excluding hydrogens is 164 g/mol. The van der Waals surface area contributed by atoms with E-state index in [1.165, 1.54) is 6.92 Å². The number of benzene rings is 1. The molecule has 2 N–H and O–H groups in total. The summed E-state index contributed by atoms with van der Waals surface area (Å²) < 4.78 is 25.1. The van der Waals surface area contributed by atoms with Crippen molar-refractivity contribution in [3.8, 4) is 5.75 Å². The van der Waals surface area contributed by atoms with Gasteiger partial charge in [0.2, 0.25) is 0 Å². The molecule has 0 saturated carbocycles. The summed E-state index contributed by atoms with van der Waals surface area (Å²) in [6, 6.07) is 1.49. The van der Waals surface area contributed by atoms with Crippen LogP contribution in [0.3, 0.4) is 0 Å². The van der Waals surface area contributed by atoms with Crippen LogP contribution < -0.4 is 0 Å². The topological polar surface area (TPSA) is 44.1 Å². The third-order valence-electron chi connectivity index (χ3n) is 1.43. The summed E-state index contributed by atoms with van der Waals surface area (Å²) in [5, 5.41) is 16.1. The first kappa shape index (κ1) is 8.64. The Morgan fingerprint density at radius 1 is 1.42 bits per heavy atom. The fourth-order valence-electron chi connectivity index (χ4n) is 0.852. The van der Waals surface area contributed by atoms with Crippen LogP contribution in [0.25, 0.3) is 0 Å². The minimum absolute atomic E-state index is 0.0779. The summed E-state index contributed by atoms with van der Waals surface area (Å²) in [6.45, 7) is 1.34. The Kier molecular flexibility index (Phi) is 2.08. The summed E-state index contributed by atoms with van der Waals surface area (Å²) in [5.74, 6) is -2.52. The summed E-state index contributed by atoms with van der Waals surface area (Å²) >= 11 is 0. The molecule has 4 heteroatoms. The van der Waals surface area contributed by atoms with Crippen molar-refractivity contribution in [1.29, 1.82) is 5.41 Å². The predicted molar refractivity (Wildman–Crippen MR) is 40.5 cm³/mol. The van der Waals surface area contributed by atoms with Crippen LogP contribution in [0.2, 0.25) is 0 Å². The van der Waals surface area contributed by atoms with Gasteiger partial charge in [0.05, 0.1) is 0 Å². The Balaban J connectivity index is 3.37. The van der Waals surface area contributed by atoms with E-state index in [1.807, 2.05) is 0 Å². The standard InChI is InChI=1S/C8H7F2NO/c1-4(11)6-2-5(9)3-7(10)8(6)12/h2-3,11-12H,1H3. The first-order valence-corrected chi connectivity index (χ1v) is 3.26. The number of phenols is 1. The molecule has 2 nitrogen and oxygen atoms in total. The van der Waals surface area contributed by atoms with Gasteiger partial charge in [-0.3, -0.25) is 0 Å². The average molecular weight is 171 g/mol. The molecule has 0 atom stereocenters. The third-order valence-corrected chi connectivity index (χ3v) is 1.43. The second-order valence-electron chi connectivity index (χ2n) is 2.41. The molecule has 1 rings (SSSR count). The van der Waals surface area contributed by atoms with Crippen LogP contribution in [0.1, 0.15) is 12.5 Å². The van der Waals surface area contributed by atoms with E-state index in [1.54, 1.807) is 0 Å². The Bertz CT molecular complexity index is 336. The van der Waals surface area contributed by atoms with E-state index in [-0.39, 0.29) is 11.3 Å². The SMILES string of the molecule is CC(=N)c1cc(F)cc(F)c1O. The minimum atomic E-state index is -1.04. The fraction of sp³-hybridized carbons (Fsp3) is 0.125. The molecule has 0 unspecified atom stereocenters. The summed E-state index contributed by atoms with van der Waals surface area (Å²) in [7, 11) is 0. The highest BCUT2D eigenvalue weighted by molar-refractivity contribution is 5.98. The lowest BCUT2D eigenvalue weighted by Crippen LogP contribution is -1.96. The van der Waals surface area contributed by atoms with Crippen molar-refractivity contribution >= 4 is 5.71 Å². The van der Waals surface area contributed by atoms with Crippen LogP contribution in [0.4, 0.5) is 8.78 Å². The van der Waals surface area contributed by atoms with Gasteiger partial charge in [-0.1, -0.05) is 0 Å². The van der Waals surface area contributed by atoms with Gasteiger partial charge in [-0.05, 0) is 13.0 Å². The van der Waals surface area contributed by atoms with E-state index in [4.69, 9.17) is 10.5 Å². The van der Waals surface area contributed by atoms with E-state index in [9.17, 15) is 8.78 Å². The van der Waals surface area contributed by atoms with E-state index in [0.29, 0.717) is 6.07 Å². The van der Waals surface area contributed by atoms with Crippen LogP contribution in [-0.2, 0) is 0 Å². The highest BCUT2D eigenvalue weighted by Crippen LogP contribution is 2.22. The van der Waals surface area contributed by atoms with Gasteiger partial charge in [0.25, 0.3) is 0 Å². The molecule has 0 fully saturated rings. The highest BCUT2D eigenvalue weighted by Gasteiger charge is 2.10. The molecule has 0 saturated heterocycles. The lowest BCUT2D eigenvalue weighted by molar-refractivity contribution is 0.426. The zero-order valence-electron chi connectivity index (χ0n) is 6.36. The lowest BCUT2D eigenvalue weighted by Gasteiger charge is -2.02. The van der Waals surface area contributed by atoms with Crippen molar-refractivity contribution < 1.29 is 13.9 Å². The second-order valence-corrected chi connectivity index (χ2v) is 2.41. The Hall–Kier alpha value is -1.45. The molecule has 64 valence electrons. The van der Waals surface area contributed by atoms with Gasteiger partial charge in [-0.15, -0.1) is 0 Å². The molecule has 0 aromatic heterocycles. The number of phenolic OH excluding ortho intramolecular Hbond substituents is 1. The van der Waals surface area contributed by atoms with Gasteiger partial charge in [0.15, 0.2) is 11.6 Å². The number of nitrogens with one attached hydrogen (secondary N) is 1. The maximum atomic E-state index is 12.6. The smallest absolute Gasteiger partial charge is 0.168 e. The molecule has 12 heavy (non-hydrogen) atoms. The number of aromatic hydroxyl groups is 1. The van der Waals surface area contributed by atoms with Crippen LogP contribution in [0.5, 0.6) is 5.75 Å². The average Bonchev–Trinajstić information content (AvgIpc) is 1.96. The molecule has 0 bridgehead atoms. The van der Waals surface area contributed by atoms with E-state index >= 15 is 0 Å². The Morgan fingerprint density at radius 2 is 2.00 bits per heavy atom. The van der Waals surface area contributed by atoms with E-state index < -0.39 is 17.4 Å². The largest absolute Gasteiger partial charge is 0.504 e. The quantitative estimate of drug-likeness (QED) is 0.624. The minimum Gasteiger partial charge on any atom is -0.504 e. The van der Waals surface area contributed by atoms with Gasteiger partial charge < -0.3 is 10.5 Å². The molecule has 0 spiro atoms. The Morgan fingerprint density at radius 3 is 2.50 bits per heavy atom. The second kappa shape index (κ2) is 2.89. The van der Waals surface area contributed by atoms with Gasteiger partial charge in [0, 0.05) is 17.3 Å². The van der Waals surface area contributed by atoms with Crippen molar-refractivity contribution in [2.45, 2.75) is 6.92 Å². The van der Waals surface area contributed by atoms with Crippen molar-refractivity contribution in [1.82, 2.24) is 0 Å². The summed E-state index contributed by atoms with van der Waals surface area (Å²) in [6.07, 6.45) is 0. The van der Waals surface area contributed by atoms with Gasteiger partial charge >= 0.3 is 0 Å². The van der Waals surface area contributed by atoms with E-state index in [0.717, 1.165) is 6.07 Å². The summed E-state index contributed by atoms with van der Waals surface area (Å²) in [4.78, 5) is 0. The first-order chi connectivity index (χ1) is 5.52. The van der Waals surface area contributed by atoms with Crippen LogP contribution in [0.15, 0.2) is 12.1 Å². The molecule has 0 aliphatic rings. The number of hydrogen-bond acceptors (Lipinski definition) is 2. The lowest BCUT2D eigenvalue weighted by atomic mass is 10.1. The van der Waals surface area contributed by atoms with Crippen molar-refractivity contribution in [3.05, 3.63) is 29.3 Å². The summed E-state index contributed by atoms with van der Waals surface area (Å²) in [5.41, 5.74) is -0.196. The van der Waals surface area contributed by atoms with Crippen molar-refractivity contribution in [2.75, 3.05) is 0 Å². The molecule has 1 aromatic carbocycles. The van der Waals surface area contributed by atoms with Crippen LogP contribution >= 0.6 is 0 Å². The van der Waals surface area contributed by atoms with Crippen molar-refractivity contribution in [2.24, 2.45) is 0 Å². The number of halogens is 2. The monoisotopic (exact) mass is 171 g/mol. The number of rotatable bonds is 1. The van der Waals surface area contributed by atoms with Gasteiger partial charge in [-0.2, -0.15) is 0 Å². The van der Waals surface area contributed by atoms with Gasteiger partial charge in [0.1, 0.15) is 5.82 Å². The predicted octanol–water partition coefficient (Wildman–Crippen LogP) is 2.06. The molecule has 0 aliphatic carbocycles. The molecule has 1 aromatic rings. The van der Waals surface area contributed by atoms with E-state index in [2.05, 4.69) is 0 Å². The molecular formula is C8H7F2NO. The van der Waals surface area contributed by atoms with Crippen LogP contribution in [0, 0.1) is 17.0 Å². The molecule has 0 radical (unpaired) electrons.